The minimum Gasteiger partial charge on any atom is -0.317 e. The van der Waals surface area contributed by atoms with Gasteiger partial charge in [-0.1, -0.05) is 13.3 Å². The molecule has 2 aliphatic rings. The van der Waals surface area contributed by atoms with Crippen LogP contribution in [0.2, 0.25) is 0 Å². The smallest absolute Gasteiger partial charge is 0.000887 e. The van der Waals surface area contributed by atoms with Crippen LogP contribution in [0.25, 0.3) is 0 Å². The van der Waals surface area contributed by atoms with Crippen LogP contribution in [-0.2, 0) is 0 Å². The highest BCUT2D eigenvalue weighted by Crippen LogP contribution is 2.34. The topological polar surface area (TPSA) is 24.1 Å². The van der Waals surface area contributed by atoms with E-state index >= 15 is 0 Å². The molecule has 2 nitrogen and oxygen atoms in total. The van der Waals surface area contributed by atoms with Gasteiger partial charge in [-0.25, -0.2) is 0 Å². The molecule has 1 aliphatic carbocycles. The van der Waals surface area contributed by atoms with Crippen LogP contribution in [0.4, 0.5) is 0 Å². The van der Waals surface area contributed by atoms with Gasteiger partial charge in [0, 0.05) is 6.54 Å². The monoisotopic (exact) mass is 210 g/mol. The van der Waals surface area contributed by atoms with Gasteiger partial charge in [-0.2, -0.15) is 0 Å². The summed E-state index contributed by atoms with van der Waals surface area (Å²) in [7, 11) is 0. The fourth-order valence-electron chi connectivity index (χ4n) is 2.87. The van der Waals surface area contributed by atoms with E-state index < -0.39 is 0 Å². The van der Waals surface area contributed by atoms with Crippen LogP contribution in [0.3, 0.4) is 0 Å². The fraction of sp³-hybridized carbons (Fsp3) is 1.00. The van der Waals surface area contributed by atoms with Crippen LogP contribution in [0.5, 0.6) is 0 Å². The van der Waals surface area contributed by atoms with Gasteiger partial charge in [0.25, 0.3) is 0 Å². The van der Waals surface area contributed by atoms with Gasteiger partial charge in [0.15, 0.2) is 0 Å². The molecule has 0 bridgehead atoms. The molecule has 0 aromatic heterocycles. The van der Waals surface area contributed by atoms with Gasteiger partial charge >= 0.3 is 0 Å². The van der Waals surface area contributed by atoms with Crippen LogP contribution in [0, 0.1) is 11.3 Å². The summed E-state index contributed by atoms with van der Waals surface area (Å²) in [6.07, 6.45) is 8.43. The van der Waals surface area contributed by atoms with E-state index in [0.29, 0.717) is 5.41 Å². The van der Waals surface area contributed by atoms with E-state index in [0.717, 1.165) is 5.92 Å². The fourth-order valence-corrected chi connectivity index (χ4v) is 2.87. The van der Waals surface area contributed by atoms with E-state index in [1.54, 1.807) is 0 Å². The number of nitrogens with one attached hydrogen (secondary N) is 2. The molecule has 0 unspecified atom stereocenters. The largest absolute Gasteiger partial charge is 0.317 e. The first kappa shape index (κ1) is 11.4. The Labute approximate surface area is 94.2 Å². The Bertz CT molecular complexity index is 175. The number of piperidine rings is 1. The molecule has 0 spiro atoms. The second-order valence-corrected chi connectivity index (χ2v) is 5.57. The van der Waals surface area contributed by atoms with Gasteiger partial charge in [-0.15, -0.1) is 0 Å². The molecule has 1 saturated heterocycles. The Balaban J connectivity index is 1.74. The second kappa shape index (κ2) is 5.31. The maximum Gasteiger partial charge on any atom is 0.000887 e. The van der Waals surface area contributed by atoms with Crippen molar-refractivity contribution in [3.63, 3.8) is 0 Å². The van der Waals surface area contributed by atoms with Crippen LogP contribution in [0.15, 0.2) is 0 Å². The van der Waals surface area contributed by atoms with Gasteiger partial charge < -0.3 is 10.6 Å². The quantitative estimate of drug-likeness (QED) is 0.702. The molecule has 2 rings (SSSR count). The first-order valence-corrected chi connectivity index (χ1v) is 6.76. The molecule has 0 radical (unpaired) electrons. The van der Waals surface area contributed by atoms with E-state index in [1.165, 1.54) is 64.7 Å². The molecule has 15 heavy (non-hydrogen) atoms. The number of hydrogen-bond acceptors (Lipinski definition) is 2. The summed E-state index contributed by atoms with van der Waals surface area (Å²) in [5.74, 6) is 1.02. The highest BCUT2D eigenvalue weighted by molar-refractivity contribution is 4.87. The highest BCUT2D eigenvalue weighted by atomic mass is 14.9. The van der Waals surface area contributed by atoms with Crippen molar-refractivity contribution >= 4 is 0 Å². The molecule has 88 valence electrons. The third kappa shape index (κ3) is 3.46. The maximum atomic E-state index is 3.71. The highest BCUT2D eigenvalue weighted by Gasteiger charge is 2.31. The van der Waals surface area contributed by atoms with Crippen molar-refractivity contribution in [1.29, 1.82) is 0 Å². The Morgan fingerprint density at radius 3 is 2.60 bits per heavy atom. The lowest BCUT2D eigenvalue weighted by molar-refractivity contribution is 0.176. The molecule has 2 fully saturated rings. The van der Waals surface area contributed by atoms with E-state index in [2.05, 4.69) is 17.6 Å². The summed E-state index contributed by atoms with van der Waals surface area (Å²) in [5.41, 5.74) is 0.620. The second-order valence-electron chi connectivity index (χ2n) is 5.57. The molecular weight excluding hydrogens is 184 g/mol. The lowest BCUT2D eigenvalue weighted by atomic mass is 9.75. The Morgan fingerprint density at radius 1 is 1.27 bits per heavy atom. The third-order valence-corrected chi connectivity index (χ3v) is 4.07. The van der Waals surface area contributed by atoms with E-state index in [9.17, 15) is 0 Å². The van der Waals surface area contributed by atoms with E-state index in [4.69, 9.17) is 0 Å². The lowest BCUT2D eigenvalue weighted by Gasteiger charge is -2.38. The molecule has 1 saturated carbocycles. The predicted molar refractivity (Wildman–Crippen MR) is 65.0 cm³/mol. The van der Waals surface area contributed by atoms with Crippen molar-refractivity contribution in [2.24, 2.45) is 11.3 Å². The molecule has 0 aromatic carbocycles. The summed E-state index contributed by atoms with van der Waals surface area (Å²) in [4.78, 5) is 0. The zero-order valence-corrected chi connectivity index (χ0v) is 10.1. The van der Waals surface area contributed by atoms with Crippen LogP contribution >= 0.6 is 0 Å². The van der Waals surface area contributed by atoms with Crippen molar-refractivity contribution in [3.05, 3.63) is 0 Å². The molecule has 1 heterocycles. The summed E-state index contributed by atoms with van der Waals surface area (Å²) < 4.78 is 0. The van der Waals surface area contributed by atoms with Crippen molar-refractivity contribution in [3.8, 4) is 0 Å². The molecule has 2 heteroatoms. The lowest BCUT2D eigenvalue weighted by Crippen LogP contribution is -2.43. The predicted octanol–water partition coefficient (Wildman–Crippen LogP) is 2.16. The zero-order chi connectivity index (χ0) is 10.6. The van der Waals surface area contributed by atoms with Crippen LogP contribution in [-0.4, -0.2) is 26.2 Å². The molecule has 0 amide bonds. The zero-order valence-electron chi connectivity index (χ0n) is 10.1. The van der Waals surface area contributed by atoms with Crippen molar-refractivity contribution in [1.82, 2.24) is 10.6 Å². The average Bonchev–Trinajstić information content (AvgIpc) is 3.04. The summed E-state index contributed by atoms with van der Waals surface area (Å²) in [5, 5.41) is 7.20. The molecule has 0 aromatic rings. The normalized spacial score (nSPS) is 25.4. The first-order valence-electron chi connectivity index (χ1n) is 6.76. The van der Waals surface area contributed by atoms with Crippen molar-refractivity contribution in [2.75, 3.05) is 26.2 Å². The Morgan fingerprint density at radius 2 is 2.00 bits per heavy atom. The maximum absolute atomic E-state index is 3.71. The van der Waals surface area contributed by atoms with Crippen molar-refractivity contribution < 1.29 is 0 Å². The third-order valence-electron chi connectivity index (χ3n) is 4.07. The van der Waals surface area contributed by atoms with E-state index in [1.807, 2.05) is 0 Å². The minimum absolute atomic E-state index is 0.620. The minimum atomic E-state index is 0.620. The first-order chi connectivity index (χ1) is 7.35. The van der Waals surface area contributed by atoms with Gasteiger partial charge in [0.2, 0.25) is 0 Å². The average molecular weight is 210 g/mol. The standard InChI is InChI=1S/C13H26N2/c1-2-5-13(6-8-14-9-7-13)11-15-10-12-3-4-12/h12,14-15H,2-11H2,1H3. The summed E-state index contributed by atoms with van der Waals surface area (Å²) >= 11 is 0. The van der Waals surface area contributed by atoms with Gasteiger partial charge in [0.05, 0.1) is 0 Å². The van der Waals surface area contributed by atoms with E-state index in [-0.39, 0.29) is 0 Å². The molecule has 1 aliphatic heterocycles. The van der Waals surface area contributed by atoms with Crippen LogP contribution < -0.4 is 10.6 Å². The Hall–Kier alpha value is -0.0800. The van der Waals surface area contributed by atoms with Gasteiger partial charge in [-0.05, 0) is 63.1 Å². The number of hydrogen-bond donors (Lipinski definition) is 2. The van der Waals surface area contributed by atoms with Crippen molar-refractivity contribution in [2.45, 2.75) is 45.4 Å². The Kier molecular flexibility index (Phi) is 4.04. The summed E-state index contributed by atoms with van der Waals surface area (Å²) in [6.45, 7) is 7.32. The SMILES string of the molecule is CCCC1(CNCC2CC2)CCNCC1. The molecule has 0 atom stereocenters. The molecule has 2 N–H and O–H groups in total. The van der Waals surface area contributed by atoms with Gasteiger partial charge in [0.1, 0.15) is 0 Å². The number of rotatable bonds is 6. The van der Waals surface area contributed by atoms with Gasteiger partial charge in [-0.3, -0.25) is 0 Å². The summed E-state index contributed by atoms with van der Waals surface area (Å²) in [6, 6.07) is 0. The molecular formula is C13H26N2. The van der Waals surface area contributed by atoms with Crippen LogP contribution in [0.1, 0.15) is 45.4 Å².